The third-order valence-electron chi connectivity index (χ3n) is 2.77. The van der Waals surface area contributed by atoms with Crippen LogP contribution in [0.15, 0.2) is 36.9 Å². The average Bonchev–Trinajstić information content (AvgIpc) is 2.89. The maximum atomic E-state index is 10.9. The quantitative estimate of drug-likeness (QED) is 0.542. The van der Waals surface area contributed by atoms with Crippen LogP contribution in [0.2, 0.25) is 0 Å². The maximum absolute atomic E-state index is 10.9. The van der Waals surface area contributed by atoms with E-state index in [0.717, 1.165) is 13.0 Å². The van der Waals surface area contributed by atoms with Gasteiger partial charge < -0.3 is 20.7 Å². The molecule has 1 heterocycles. The third-order valence-corrected chi connectivity index (χ3v) is 2.77. The van der Waals surface area contributed by atoms with E-state index in [0.29, 0.717) is 17.9 Å². The molecule has 0 amide bonds. The molecule has 0 radical (unpaired) electrons. The molecule has 0 aliphatic carbocycles. The van der Waals surface area contributed by atoms with Crippen molar-refractivity contribution >= 4 is 17.3 Å². The number of aromatic nitrogens is 2. The highest BCUT2D eigenvalue weighted by Gasteiger charge is 2.06. The lowest BCUT2D eigenvalue weighted by Gasteiger charge is -2.10. The summed E-state index contributed by atoms with van der Waals surface area (Å²) < 4.78 is 1.98. The van der Waals surface area contributed by atoms with Crippen molar-refractivity contribution < 1.29 is 9.90 Å². The zero-order chi connectivity index (χ0) is 13.7. The standard InChI is InChI=1S/C13H16N4O2/c14-11-3-2-10(13(18)19)8-12(11)16-4-1-6-17-7-5-15-9-17/h2-3,5,7-9,16H,1,4,6,14H2,(H,18,19). The Morgan fingerprint density at radius 1 is 1.47 bits per heavy atom. The fraction of sp³-hybridized carbons (Fsp3) is 0.231. The minimum Gasteiger partial charge on any atom is -0.478 e. The molecule has 19 heavy (non-hydrogen) atoms. The normalized spacial score (nSPS) is 10.3. The van der Waals surface area contributed by atoms with Gasteiger partial charge >= 0.3 is 5.97 Å². The lowest BCUT2D eigenvalue weighted by atomic mass is 10.1. The molecule has 4 N–H and O–H groups in total. The Morgan fingerprint density at radius 3 is 3.00 bits per heavy atom. The van der Waals surface area contributed by atoms with Crippen molar-refractivity contribution in [2.24, 2.45) is 0 Å². The van der Waals surface area contributed by atoms with Gasteiger partial charge in [0, 0.05) is 25.5 Å². The summed E-state index contributed by atoms with van der Waals surface area (Å²) >= 11 is 0. The first kappa shape index (κ1) is 12.9. The Balaban J connectivity index is 1.88. The molecule has 100 valence electrons. The number of nitrogen functional groups attached to an aromatic ring is 1. The number of aromatic carboxylic acids is 1. The molecular formula is C13H16N4O2. The summed E-state index contributed by atoms with van der Waals surface area (Å²) in [6.07, 6.45) is 6.30. The van der Waals surface area contributed by atoms with E-state index in [1.165, 1.54) is 6.07 Å². The number of aryl methyl sites for hydroxylation is 1. The number of rotatable bonds is 6. The number of carboxylic acid groups (broad SMARTS) is 1. The Morgan fingerprint density at radius 2 is 2.32 bits per heavy atom. The number of nitrogens with one attached hydrogen (secondary N) is 1. The van der Waals surface area contributed by atoms with Gasteiger partial charge in [0.1, 0.15) is 0 Å². The Kier molecular flexibility index (Phi) is 4.02. The van der Waals surface area contributed by atoms with Crippen LogP contribution in [0.5, 0.6) is 0 Å². The smallest absolute Gasteiger partial charge is 0.335 e. The number of carboxylic acids is 1. The van der Waals surface area contributed by atoms with Crippen molar-refractivity contribution in [3.05, 3.63) is 42.5 Å². The number of nitrogens with zero attached hydrogens (tertiary/aromatic N) is 2. The molecule has 2 aromatic rings. The van der Waals surface area contributed by atoms with Gasteiger partial charge in [-0.2, -0.15) is 0 Å². The Labute approximate surface area is 110 Å². The molecule has 0 bridgehead atoms. The molecule has 2 rings (SSSR count). The highest BCUT2D eigenvalue weighted by Crippen LogP contribution is 2.20. The molecule has 1 aromatic carbocycles. The molecule has 0 unspecified atom stereocenters. The van der Waals surface area contributed by atoms with Crippen molar-refractivity contribution in [1.82, 2.24) is 9.55 Å². The van der Waals surface area contributed by atoms with E-state index in [1.54, 1.807) is 24.7 Å². The van der Waals surface area contributed by atoms with Crippen molar-refractivity contribution in [3.8, 4) is 0 Å². The molecule has 0 aliphatic heterocycles. The van der Waals surface area contributed by atoms with Gasteiger partial charge in [-0.05, 0) is 24.6 Å². The fourth-order valence-corrected chi connectivity index (χ4v) is 1.75. The minimum absolute atomic E-state index is 0.228. The summed E-state index contributed by atoms with van der Waals surface area (Å²) in [7, 11) is 0. The first-order valence-electron chi connectivity index (χ1n) is 5.99. The molecule has 0 spiro atoms. The van der Waals surface area contributed by atoms with Crippen LogP contribution in [0.25, 0.3) is 0 Å². The van der Waals surface area contributed by atoms with Gasteiger partial charge in [0.05, 0.1) is 23.3 Å². The van der Waals surface area contributed by atoms with Crippen LogP contribution in [0.4, 0.5) is 11.4 Å². The van der Waals surface area contributed by atoms with E-state index in [9.17, 15) is 4.79 Å². The second kappa shape index (κ2) is 5.90. The molecule has 0 saturated carbocycles. The maximum Gasteiger partial charge on any atom is 0.335 e. The summed E-state index contributed by atoms with van der Waals surface area (Å²) in [5, 5.41) is 12.1. The van der Waals surface area contributed by atoms with Gasteiger partial charge in [0.15, 0.2) is 0 Å². The summed E-state index contributed by atoms with van der Waals surface area (Å²) in [4.78, 5) is 14.8. The summed E-state index contributed by atoms with van der Waals surface area (Å²) in [5.74, 6) is -0.957. The molecule has 1 aromatic heterocycles. The molecule has 0 aliphatic rings. The van der Waals surface area contributed by atoms with Crippen LogP contribution in [-0.4, -0.2) is 27.2 Å². The van der Waals surface area contributed by atoms with Gasteiger partial charge in [-0.15, -0.1) is 0 Å². The molecule has 0 fully saturated rings. The van der Waals surface area contributed by atoms with Crippen LogP contribution in [0.1, 0.15) is 16.8 Å². The lowest BCUT2D eigenvalue weighted by Crippen LogP contribution is -2.08. The highest BCUT2D eigenvalue weighted by atomic mass is 16.4. The van der Waals surface area contributed by atoms with E-state index >= 15 is 0 Å². The second-order valence-corrected chi connectivity index (χ2v) is 4.19. The summed E-state index contributed by atoms with van der Waals surface area (Å²) in [6, 6.07) is 4.64. The van der Waals surface area contributed by atoms with Crippen LogP contribution in [-0.2, 0) is 6.54 Å². The highest BCUT2D eigenvalue weighted by molar-refractivity contribution is 5.90. The van der Waals surface area contributed by atoms with E-state index < -0.39 is 5.97 Å². The van der Waals surface area contributed by atoms with E-state index in [4.69, 9.17) is 10.8 Å². The lowest BCUT2D eigenvalue weighted by molar-refractivity contribution is 0.0697. The van der Waals surface area contributed by atoms with Gasteiger partial charge in [-0.3, -0.25) is 0 Å². The molecular weight excluding hydrogens is 244 g/mol. The predicted molar refractivity (Wildman–Crippen MR) is 73.1 cm³/mol. The van der Waals surface area contributed by atoms with Gasteiger partial charge in [-0.1, -0.05) is 0 Å². The van der Waals surface area contributed by atoms with Gasteiger partial charge in [-0.25, -0.2) is 9.78 Å². The molecule has 6 heteroatoms. The zero-order valence-corrected chi connectivity index (χ0v) is 10.4. The third kappa shape index (κ3) is 3.48. The Hall–Kier alpha value is -2.50. The molecule has 6 nitrogen and oxygen atoms in total. The van der Waals surface area contributed by atoms with Gasteiger partial charge in [0.2, 0.25) is 0 Å². The number of imidazole rings is 1. The number of benzene rings is 1. The van der Waals surface area contributed by atoms with Crippen molar-refractivity contribution in [2.75, 3.05) is 17.6 Å². The topological polar surface area (TPSA) is 93.2 Å². The van der Waals surface area contributed by atoms with Gasteiger partial charge in [0.25, 0.3) is 0 Å². The van der Waals surface area contributed by atoms with Crippen LogP contribution < -0.4 is 11.1 Å². The number of anilines is 2. The van der Waals surface area contributed by atoms with E-state index in [-0.39, 0.29) is 5.56 Å². The minimum atomic E-state index is -0.957. The van der Waals surface area contributed by atoms with E-state index in [2.05, 4.69) is 10.3 Å². The fourth-order valence-electron chi connectivity index (χ4n) is 1.75. The molecule has 0 saturated heterocycles. The van der Waals surface area contributed by atoms with Crippen LogP contribution >= 0.6 is 0 Å². The van der Waals surface area contributed by atoms with Crippen molar-refractivity contribution in [1.29, 1.82) is 0 Å². The van der Waals surface area contributed by atoms with Crippen LogP contribution in [0.3, 0.4) is 0 Å². The number of carbonyl (C=O) groups is 1. The molecule has 0 atom stereocenters. The zero-order valence-electron chi connectivity index (χ0n) is 10.4. The Bertz CT molecular complexity index is 552. The summed E-state index contributed by atoms with van der Waals surface area (Å²) in [6.45, 7) is 1.57. The first-order chi connectivity index (χ1) is 9.16. The van der Waals surface area contributed by atoms with Crippen LogP contribution in [0, 0.1) is 0 Å². The summed E-state index contributed by atoms with van der Waals surface area (Å²) in [5.41, 5.74) is 7.23. The SMILES string of the molecule is Nc1ccc(C(=O)O)cc1NCCCn1ccnc1. The number of hydrogen-bond donors (Lipinski definition) is 3. The number of nitrogens with two attached hydrogens (primary N) is 1. The largest absolute Gasteiger partial charge is 0.478 e. The predicted octanol–water partition coefficient (Wildman–Crippen LogP) is 1.67. The first-order valence-corrected chi connectivity index (χ1v) is 5.99. The number of hydrogen-bond acceptors (Lipinski definition) is 4. The monoisotopic (exact) mass is 260 g/mol. The van der Waals surface area contributed by atoms with Crippen molar-refractivity contribution in [3.63, 3.8) is 0 Å². The van der Waals surface area contributed by atoms with Crippen molar-refractivity contribution in [2.45, 2.75) is 13.0 Å². The van der Waals surface area contributed by atoms with E-state index in [1.807, 2.05) is 10.8 Å². The average molecular weight is 260 g/mol. The second-order valence-electron chi connectivity index (χ2n) is 4.19.